The first-order chi connectivity index (χ1) is 9.79. The third-order valence-corrected chi connectivity index (χ3v) is 2.93. The molecule has 2 aromatic heterocycles. The average Bonchev–Trinajstić information content (AvgIpc) is 2.82. The number of rotatable bonds is 3. The van der Waals surface area contributed by atoms with Crippen LogP contribution in [-0.4, -0.2) is 20.7 Å². The van der Waals surface area contributed by atoms with Gasteiger partial charge in [-0.3, -0.25) is 14.5 Å². The number of nitrogens with one attached hydrogen (secondary N) is 1. The zero-order valence-electron chi connectivity index (χ0n) is 11.3. The van der Waals surface area contributed by atoms with Gasteiger partial charge in [-0.1, -0.05) is 6.07 Å². The van der Waals surface area contributed by atoms with Crippen LogP contribution in [0.3, 0.4) is 0 Å². The number of aryl methyl sites for hydroxylation is 1. The van der Waals surface area contributed by atoms with E-state index in [2.05, 4.69) is 15.4 Å². The van der Waals surface area contributed by atoms with Crippen LogP contribution in [0.15, 0.2) is 30.6 Å². The highest BCUT2D eigenvalue weighted by Crippen LogP contribution is 2.29. The number of pyridine rings is 1. The summed E-state index contributed by atoms with van der Waals surface area (Å²) in [5.41, 5.74) is -0.500. The van der Waals surface area contributed by atoms with Gasteiger partial charge in [0.05, 0.1) is 6.04 Å². The molecule has 0 aliphatic carbocycles. The third-order valence-electron chi connectivity index (χ3n) is 2.93. The zero-order valence-corrected chi connectivity index (χ0v) is 11.3. The van der Waals surface area contributed by atoms with Crippen LogP contribution >= 0.6 is 0 Å². The molecular formula is C13H13F3N4O. The molecule has 8 heteroatoms. The molecule has 1 N–H and O–H groups in total. The summed E-state index contributed by atoms with van der Waals surface area (Å²) in [5.74, 6) is -0.669. The monoisotopic (exact) mass is 298 g/mol. The van der Waals surface area contributed by atoms with Gasteiger partial charge in [0.1, 0.15) is 5.69 Å². The van der Waals surface area contributed by atoms with Crippen molar-refractivity contribution in [1.29, 1.82) is 0 Å². The smallest absolute Gasteiger partial charge is 0.344 e. The fourth-order valence-electron chi connectivity index (χ4n) is 1.83. The molecule has 1 amide bonds. The first-order valence-corrected chi connectivity index (χ1v) is 6.11. The van der Waals surface area contributed by atoms with Crippen LogP contribution < -0.4 is 5.32 Å². The fourth-order valence-corrected chi connectivity index (χ4v) is 1.83. The van der Waals surface area contributed by atoms with Gasteiger partial charge in [-0.05, 0) is 18.6 Å². The van der Waals surface area contributed by atoms with Crippen LogP contribution in [0.5, 0.6) is 0 Å². The molecule has 21 heavy (non-hydrogen) atoms. The van der Waals surface area contributed by atoms with Gasteiger partial charge in [0.25, 0.3) is 5.91 Å². The van der Waals surface area contributed by atoms with Crippen LogP contribution in [0, 0.1) is 0 Å². The second-order valence-electron chi connectivity index (χ2n) is 4.52. The molecule has 2 heterocycles. The Morgan fingerprint density at radius 2 is 2.14 bits per heavy atom. The summed E-state index contributed by atoms with van der Waals surface area (Å²) in [4.78, 5) is 15.9. The van der Waals surface area contributed by atoms with E-state index in [-0.39, 0.29) is 11.7 Å². The molecular weight excluding hydrogens is 285 g/mol. The molecule has 0 bridgehead atoms. The van der Waals surface area contributed by atoms with E-state index in [0.29, 0.717) is 4.68 Å². The van der Waals surface area contributed by atoms with Crippen molar-refractivity contribution in [3.63, 3.8) is 0 Å². The molecule has 1 unspecified atom stereocenters. The number of hydrogen-bond donors (Lipinski definition) is 1. The highest BCUT2D eigenvalue weighted by molar-refractivity contribution is 5.92. The van der Waals surface area contributed by atoms with Gasteiger partial charge in [-0.25, -0.2) is 0 Å². The first-order valence-electron chi connectivity index (χ1n) is 6.11. The standard InChI is InChI=1S/C13H13F3N4O/c1-8(9-4-3-5-17-7-9)18-12(21)10-6-11(13(14,15)16)20(2)19-10/h3-8H,1-2H3,(H,18,21). The molecule has 112 valence electrons. The maximum atomic E-state index is 12.7. The van der Waals surface area contributed by atoms with E-state index >= 15 is 0 Å². The molecule has 5 nitrogen and oxygen atoms in total. The Bertz CT molecular complexity index is 637. The number of nitrogens with zero attached hydrogens (tertiary/aromatic N) is 3. The van der Waals surface area contributed by atoms with Crippen LogP contribution in [0.2, 0.25) is 0 Å². The van der Waals surface area contributed by atoms with Crippen LogP contribution in [0.4, 0.5) is 13.2 Å². The lowest BCUT2D eigenvalue weighted by molar-refractivity contribution is -0.143. The summed E-state index contributed by atoms with van der Waals surface area (Å²) in [6, 6.07) is 3.81. The van der Waals surface area contributed by atoms with Crippen LogP contribution in [-0.2, 0) is 13.2 Å². The van der Waals surface area contributed by atoms with E-state index < -0.39 is 17.8 Å². The number of hydrogen-bond acceptors (Lipinski definition) is 3. The summed E-state index contributed by atoms with van der Waals surface area (Å²) in [6.45, 7) is 1.71. The molecule has 0 spiro atoms. The van der Waals surface area contributed by atoms with E-state index in [0.717, 1.165) is 18.7 Å². The second-order valence-corrected chi connectivity index (χ2v) is 4.52. The first kappa shape index (κ1) is 15.0. The quantitative estimate of drug-likeness (QED) is 0.946. The molecule has 0 radical (unpaired) electrons. The number of aromatic nitrogens is 3. The van der Waals surface area contributed by atoms with Gasteiger partial charge in [0.2, 0.25) is 0 Å². The van der Waals surface area contributed by atoms with Gasteiger partial charge in [0.15, 0.2) is 5.69 Å². The van der Waals surface area contributed by atoms with Gasteiger partial charge in [0, 0.05) is 25.5 Å². The maximum Gasteiger partial charge on any atom is 0.433 e. The summed E-state index contributed by atoms with van der Waals surface area (Å²) in [5, 5.41) is 6.18. The molecule has 0 saturated heterocycles. The molecule has 1 atom stereocenters. The topological polar surface area (TPSA) is 59.8 Å². The lowest BCUT2D eigenvalue weighted by Gasteiger charge is -2.12. The van der Waals surface area contributed by atoms with Gasteiger partial charge < -0.3 is 5.32 Å². The number of carbonyl (C=O) groups excluding carboxylic acids is 1. The molecule has 2 rings (SSSR count). The second kappa shape index (κ2) is 5.55. The number of carbonyl (C=O) groups is 1. The predicted molar refractivity (Wildman–Crippen MR) is 68.3 cm³/mol. The largest absolute Gasteiger partial charge is 0.433 e. The SMILES string of the molecule is CC(NC(=O)c1cc(C(F)(F)F)n(C)n1)c1cccnc1. The lowest BCUT2D eigenvalue weighted by atomic mass is 10.1. The van der Waals surface area contributed by atoms with E-state index in [1.165, 1.54) is 0 Å². The Kier molecular flexibility index (Phi) is 3.97. The Hall–Kier alpha value is -2.38. The minimum atomic E-state index is -4.55. The fraction of sp³-hybridized carbons (Fsp3) is 0.308. The van der Waals surface area contributed by atoms with Gasteiger partial charge in [-0.15, -0.1) is 0 Å². The molecule has 0 aromatic carbocycles. The van der Waals surface area contributed by atoms with Crippen molar-refractivity contribution in [3.05, 3.63) is 47.5 Å². The molecule has 0 fully saturated rings. The molecule has 0 saturated carbocycles. The summed E-state index contributed by atoms with van der Waals surface area (Å²) in [7, 11) is 1.14. The average molecular weight is 298 g/mol. The summed E-state index contributed by atoms with van der Waals surface area (Å²) >= 11 is 0. The molecule has 0 aliphatic rings. The maximum absolute atomic E-state index is 12.7. The normalized spacial score (nSPS) is 13.0. The Morgan fingerprint density at radius 3 is 2.67 bits per heavy atom. The minimum Gasteiger partial charge on any atom is -0.344 e. The van der Waals surface area contributed by atoms with Crippen LogP contribution in [0.1, 0.15) is 34.7 Å². The Labute approximate surface area is 118 Å². The summed E-state index contributed by atoms with van der Waals surface area (Å²) < 4.78 is 38.6. The molecule has 0 aliphatic heterocycles. The minimum absolute atomic E-state index is 0.277. The number of amides is 1. The van der Waals surface area contributed by atoms with Crippen molar-refractivity contribution in [3.8, 4) is 0 Å². The van der Waals surface area contributed by atoms with Crippen LogP contribution in [0.25, 0.3) is 0 Å². The van der Waals surface area contributed by atoms with Gasteiger partial charge in [-0.2, -0.15) is 18.3 Å². The van der Waals surface area contributed by atoms with Crippen molar-refractivity contribution in [2.24, 2.45) is 7.05 Å². The number of alkyl halides is 3. The van der Waals surface area contributed by atoms with Crippen molar-refractivity contribution < 1.29 is 18.0 Å². The van der Waals surface area contributed by atoms with E-state index in [9.17, 15) is 18.0 Å². The zero-order chi connectivity index (χ0) is 15.6. The predicted octanol–water partition coefficient (Wildman–Crippen LogP) is 2.32. The van der Waals surface area contributed by atoms with E-state index in [1.54, 1.807) is 31.5 Å². The molecule has 2 aromatic rings. The summed E-state index contributed by atoms with van der Waals surface area (Å²) in [6.07, 6.45) is -1.38. The third kappa shape index (κ3) is 3.39. The Morgan fingerprint density at radius 1 is 1.43 bits per heavy atom. The highest BCUT2D eigenvalue weighted by atomic mass is 19.4. The van der Waals surface area contributed by atoms with Gasteiger partial charge >= 0.3 is 6.18 Å². The van der Waals surface area contributed by atoms with Crippen molar-refractivity contribution in [2.75, 3.05) is 0 Å². The Balaban J connectivity index is 2.14. The van der Waals surface area contributed by atoms with E-state index in [4.69, 9.17) is 0 Å². The number of halogens is 3. The highest BCUT2D eigenvalue weighted by Gasteiger charge is 2.35. The lowest BCUT2D eigenvalue weighted by Crippen LogP contribution is -2.27. The van der Waals surface area contributed by atoms with Crippen molar-refractivity contribution in [1.82, 2.24) is 20.1 Å². The van der Waals surface area contributed by atoms with E-state index in [1.807, 2.05) is 0 Å². The van der Waals surface area contributed by atoms with Crippen molar-refractivity contribution >= 4 is 5.91 Å². The van der Waals surface area contributed by atoms with Crippen molar-refractivity contribution in [2.45, 2.75) is 19.1 Å².